The molecule has 5 heteroatoms. The quantitative estimate of drug-likeness (QED) is 0.856. The van der Waals surface area contributed by atoms with E-state index in [0.29, 0.717) is 11.6 Å². The maximum atomic E-state index is 10.9. The Kier molecular flexibility index (Phi) is 5.63. The maximum Gasteiger partial charge on any atom is 0.217 e. The number of hydrogen-bond acceptors (Lipinski definition) is 3. The molecule has 0 saturated heterocycles. The van der Waals surface area contributed by atoms with E-state index in [2.05, 4.69) is 16.7 Å². The lowest BCUT2D eigenvalue weighted by molar-refractivity contribution is -0.119. The number of carbonyl (C=O) groups excluding carboxylic acids is 1. The Morgan fingerprint density at radius 1 is 1.50 bits per heavy atom. The number of carbonyl (C=O) groups is 1. The van der Waals surface area contributed by atoms with Crippen LogP contribution in [0.5, 0.6) is 0 Å². The van der Waals surface area contributed by atoms with Gasteiger partial charge in [0.25, 0.3) is 0 Å². The van der Waals surface area contributed by atoms with Gasteiger partial charge in [0.1, 0.15) is 6.04 Å². The Bertz CT molecular complexity index is 456. The van der Waals surface area contributed by atoms with Gasteiger partial charge in [-0.25, -0.2) is 0 Å². The minimum absolute atomic E-state index is 0.0409. The van der Waals surface area contributed by atoms with Crippen LogP contribution < -0.4 is 10.6 Å². The lowest BCUT2D eigenvalue weighted by atomic mass is 10.1. The molecule has 18 heavy (non-hydrogen) atoms. The monoisotopic (exact) mass is 265 g/mol. The molecule has 0 heterocycles. The van der Waals surface area contributed by atoms with Crippen molar-refractivity contribution in [3.05, 3.63) is 34.9 Å². The van der Waals surface area contributed by atoms with Crippen LogP contribution >= 0.6 is 11.6 Å². The zero-order valence-corrected chi connectivity index (χ0v) is 11.2. The van der Waals surface area contributed by atoms with E-state index in [4.69, 9.17) is 16.9 Å². The van der Waals surface area contributed by atoms with Gasteiger partial charge < -0.3 is 5.32 Å². The second-order valence-corrected chi connectivity index (χ2v) is 4.50. The molecule has 0 spiro atoms. The Morgan fingerprint density at radius 3 is 2.72 bits per heavy atom. The highest BCUT2D eigenvalue weighted by Gasteiger charge is 2.14. The van der Waals surface area contributed by atoms with Gasteiger partial charge in [-0.15, -0.1) is 0 Å². The van der Waals surface area contributed by atoms with Gasteiger partial charge in [0.2, 0.25) is 5.91 Å². The molecule has 0 bridgehead atoms. The minimum Gasteiger partial charge on any atom is -0.353 e. The third-order valence-corrected chi connectivity index (χ3v) is 2.77. The molecule has 1 rings (SSSR count). The zero-order chi connectivity index (χ0) is 13.5. The molecule has 0 aliphatic rings. The highest BCUT2D eigenvalue weighted by molar-refractivity contribution is 6.31. The minimum atomic E-state index is -0.477. The van der Waals surface area contributed by atoms with E-state index in [1.54, 1.807) is 6.07 Å². The van der Waals surface area contributed by atoms with Crippen LogP contribution in [0, 0.1) is 11.3 Å². The fourth-order valence-corrected chi connectivity index (χ4v) is 1.87. The zero-order valence-electron chi connectivity index (χ0n) is 10.4. The van der Waals surface area contributed by atoms with Gasteiger partial charge in [0.15, 0.2) is 0 Å². The van der Waals surface area contributed by atoms with Crippen LogP contribution in [0.3, 0.4) is 0 Å². The second-order valence-electron chi connectivity index (χ2n) is 4.09. The number of amides is 1. The second kappa shape index (κ2) is 7.00. The summed E-state index contributed by atoms with van der Waals surface area (Å²) in [5, 5.41) is 15.5. The van der Waals surface area contributed by atoms with Gasteiger partial charge in [0, 0.05) is 30.1 Å². The van der Waals surface area contributed by atoms with Crippen molar-refractivity contribution >= 4 is 17.5 Å². The van der Waals surface area contributed by atoms with Crippen molar-refractivity contribution in [3.63, 3.8) is 0 Å². The summed E-state index contributed by atoms with van der Waals surface area (Å²) in [6.07, 6.45) is 0. The van der Waals surface area contributed by atoms with E-state index in [0.717, 1.165) is 5.56 Å². The highest BCUT2D eigenvalue weighted by atomic mass is 35.5. The molecule has 4 nitrogen and oxygen atoms in total. The molecule has 0 fully saturated rings. The van der Waals surface area contributed by atoms with Crippen molar-refractivity contribution in [1.82, 2.24) is 10.6 Å². The highest BCUT2D eigenvalue weighted by Crippen LogP contribution is 2.21. The fourth-order valence-electron chi connectivity index (χ4n) is 1.63. The van der Waals surface area contributed by atoms with Gasteiger partial charge in [-0.1, -0.05) is 29.8 Å². The van der Waals surface area contributed by atoms with Gasteiger partial charge in [-0.05, 0) is 13.0 Å². The molecule has 2 unspecified atom stereocenters. The summed E-state index contributed by atoms with van der Waals surface area (Å²) in [5.74, 6) is -0.0875. The third-order valence-electron chi connectivity index (χ3n) is 2.42. The molecule has 2 atom stereocenters. The number of nitriles is 1. The number of hydrogen-bond donors (Lipinski definition) is 2. The standard InChI is InChI=1S/C13H16ClN3O/c1-9(17-10(2)18)8-16-13(7-15)11-5-3-4-6-12(11)14/h3-6,9,13,16H,8H2,1-2H3,(H,17,18). The number of halogens is 1. The Balaban J connectivity index is 2.62. The number of benzene rings is 1. The average molecular weight is 266 g/mol. The van der Waals surface area contributed by atoms with Crippen molar-refractivity contribution in [2.45, 2.75) is 25.9 Å². The van der Waals surface area contributed by atoms with Crippen molar-refractivity contribution in [3.8, 4) is 6.07 Å². The normalized spacial score (nSPS) is 13.4. The third kappa shape index (κ3) is 4.36. The lowest BCUT2D eigenvalue weighted by Crippen LogP contribution is -2.39. The molecule has 1 amide bonds. The van der Waals surface area contributed by atoms with Crippen LogP contribution in [-0.2, 0) is 4.79 Å². The van der Waals surface area contributed by atoms with Crippen LogP contribution in [-0.4, -0.2) is 18.5 Å². The lowest BCUT2D eigenvalue weighted by Gasteiger charge is -2.17. The summed E-state index contributed by atoms with van der Waals surface area (Å²) >= 11 is 6.04. The van der Waals surface area contributed by atoms with E-state index in [9.17, 15) is 4.79 Å². The summed E-state index contributed by atoms with van der Waals surface area (Å²) in [7, 11) is 0. The smallest absolute Gasteiger partial charge is 0.217 e. The molecule has 2 N–H and O–H groups in total. The van der Waals surface area contributed by atoms with Crippen LogP contribution in [0.25, 0.3) is 0 Å². The summed E-state index contributed by atoms with van der Waals surface area (Å²) in [4.78, 5) is 10.9. The van der Waals surface area contributed by atoms with Gasteiger partial charge in [-0.3, -0.25) is 10.1 Å². The van der Waals surface area contributed by atoms with Gasteiger partial charge in [-0.2, -0.15) is 5.26 Å². The molecular formula is C13H16ClN3O. The van der Waals surface area contributed by atoms with Crippen molar-refractivity contribution in [2.24, 2.45) is 0 Å². The van der Waals surface area contributed by atoms with E-state index in [-0.39, 0.29) is 11.9 Å². The van der Waals surface area contributed by atoms with Crippen LogP contribution in [0.2, 0.25) is 5.02 Å². The predicted octanol–water partition coefficient (Wildman–Crippen LogP) is 2.02. The van der Waals surface area contributed by atoms with Gasteiger partial charge >= 0.3 is 0 Å². The number of nitrogens with zero attached hydrogens (tertiary/aromatic N) is 1. The first kappa shape index (κ1) is 14.5. The van der Waals surface area contributed by atoms with E-state index < -0.39 is 6.04 Å². The van der Waals surface area contributed by atoms with Crippen molar-refractivity contribution in [2.75, 3.05) is 6.54 Å². The SMILES string of the molecule is CC(=O)NC(C)CNC(C#N)c1ccccc1Cl. The van der Waals surface area contributed by atoms with Gasteiger partial charge in [0.05, 0.1) is 6.07 Å². The Labute approximate surface area is 112 Å². The molecule has 96 valence electrons. The van der Waals surface area contributed by atoms with Crippen LogP contribution in [0.15, 0.2) is 24.3 Å². The van der Waals surface area contributed by atoms with Crippen molar-refractivity contribution in [1.29, 1.82) is 5.26 Å². The summed E-state index contributed by atoms with van der Waals surface area (Å²) < 4.78 is 0. The molecule has 0 aromatic heterocycles. The van der Waals surface area contributed by atoms with E-state index in [1.165, 1.54) is 6.92 Å². The first-order valence-electron chi connectivity index (χ1n) is 5.69. The predicted molar refractivity (Wildman–Crippen MR) is 71.1 cm³/mol. The topological polar surface area (TPSA) is 64.9 Å². The summed E-state index contributed by atoms with van der Waals surface area (Å²) in [6, 6.07) is 8.86. The molecule has 0 aliphatic carbocycles. The van der Waals surface area contributed by atoms with Crippen LogP contribution in [0.1, 0.15) is 25.5 Å². The molecule has 0 radical (unpaired) electrons. The largest absolute Gasteiger partial charge is 0.353 e. The summed E-state index contributed by atoms with van der Waals surface area (Å²) in [6.45, 7) is 3.84. The summed E-state index contributed by atoms with van der Waals surface area (Å²) in [5.41, 5.74) is 0.747. The number of nitrogens with one attached hydrogen (secondary N) is 2. The van der Waals surface area contributed by atoms with Crippen molar-refractivity contribution < 1.29 is 4.79 Å². The Morgan fingerprint density at radius 2 is 2.17 bits per heavy atom. The average Bonchev–Trinajstić information content (AvgIpc) is 2.31. The molecule has 1 aromatic rings. The number of rotatable bonds is 5. The van der Waals surface area contributed by atoms with E-state index in [1.807, 2.05) is 25.1 Å². The molecular weight excluding hydrogens is 250 g/mol. The first-order valence-corrected chi connectivity index (χ1v) is 6.07. The maximum absolute atomic E-state index is 10.9. The Hall–Kier alpha value is -1.57. The molecule has 0 aliphatic heterocycles. The first-order chi connectivity index (χ1) is 8.54. The van der Waals surface area contributed by atoms with E-state index >= 15 is 0 Å². The fraction of sp³-hybridized carbons (Fsp3) is 0.385. The molecule has 1 aromatic carbocycles. The van der Waals surface area contributed by atoms with Crippen LogP contribution in [0.4, 0.5) is 0 Å². The molecule has 0 saturated carbocycles.